The van der Waals surface area contributed by atoms with Gasteiger partial charge in [0.1, 0.15) is 24.0 Å². The smallest absolute Gasteiger partial charge is 0.370 e. The monoisotopic (exact) mass is 356 g/mol. The van der Waals surface area contributed by atoms with Crippen LogP contribution in [0.3, 0.4) is 0 Å². The number of nitrogens with one attached hydrogen (secondary N) is 2. The van der Waals surface area contributed by atoms with Gasteiger partial charge in [-0.1, -0.05) is 0 Å². The maximum absolute atomic E-state index is 12.1. The Morgan fingerprint density at radius 1 is 1.48 bits per heavy atom. The summed E-state index contributed by atoms with van der Waals surface area (Å²) >= 11 is 0. The van der Waals surface area contributed by atoms with E-state index in [2.05, 4.69) is 20.3 Å². The molecule has 136 valence electrons. The van der Waals surface area contributed by atoms with E-state index in [1.807, 2.05) is 6.19 Å². The molecule has 0 saturated heterocycles. The Labute approximate surface area is 143 Å². The van der Waals surface area contributed by atoms with E-state index in [-0.39, 0.29) is 17.6 Å². The van der Waals surface area contributed by atoms with E-state index in [0.29, 0.717) is 31.5 Å². The van der Waals surface area contributed by atoms with Gasteiger partial charge in [-0.05, 0) is 18.9 Å². The highest BCUT2D eigenvalue weighted by molar-refractivity contribution is 5.91. The van der Waals surface area contributed by atoms with Crippen molar-refractivity contribution in [3.63, 3.8) is 0 Å². The van der Waals surface area contributed by atoms with Crippen LogP contribution in [-0.2, 0) is 6.42 Å². The number of guanidine groups is 1. The molecule has 4 N–H and O–H groups in total. The van der Waals surface area contributed by atoms with E-state index in [4.69, 9.17) is 16.4 Å². The van der Waals surface area contributed by atoms with Crippen molar-refractivity contribution in [2.75, 3.05) is 18.9 Å². The number of hydrogen-bond donors (Lipinski definition) is 3. The van der Waals surface area contributed by atoms with Crippen molar-refractivity contribution >= 4 is 17.6 Å². The largest absolute Gasteiger partial charge is 0.408 e. The molecule has 0 amide bonds. The van der Waals surface area contributed by atoms with Crippen molar-refractivity contribution in [2.45, 2.75) is 31.9 Å². The van der Waals surface area contributed by atoms with E-state index in [0.717, 1.165) is 0 Å². The van der Waals surface area contributed by atoms with Crippen molar-refractivity contribution in [2.24, 2.45) is 10.7 Å². The number of aromatic nitrogens is 2. The molecule has 1 aromatic heterocycles. The number of aryl methyl sites for hydroxylation is 1. The molecule has 25 heavy (non-hydrogen) atoms. The Hall–Kier alpha value is -2.90. The zero-order chi connectivity index (χ0) is 18.9. The van der Waals surface area contributed by atoms with Gasteiger partial charge in [0.25, 0.3) is 0 Å². The van der Waals surface area contributed by atoms with Crippen LogP contribution in [0.15, 0.2) is 17.3 Å². The lowest BCUT2D eigenvalue weighted by atomic mass is 10.1. The molecule has 0 radical (unpaired) electrons. The van der Waals surface area contributed by atoms with Gasteiger partial charge >= 0.3 is 6.18 Å². The summed E-state index contributed by atoms with van der Waals surface area (Å²) in [4.78, 5) is 12.6. The van der Waals surface area contributed by atoms with Crippen molar-refractivity contribution in [1.29, 1.82) is 10.7 Å². The van der Waals surface area contributed by atoms with Crippen molar-refractivity contribution in [3.05, 3.63) is 18.1 Å². The summed E-state index contributed by atoms with van der Waals surface area (Å²) < 4.78 is 36.2. The van der Waals surface area contributed by atoms with Gasteiger partial charge in [0.2, 0.25) is 0 Å². The lowest BCUT2D eigenvalue weighted by Crippen LogP contribution is -2.26. The van der Waals surface area contributed by atoms with Gasteiger partial charge in [-0.25, -0.2) is 15.0 Å². The summed E-state index contributed by atoms with van der Waals surface area (Å²) in [7, 11) is 1.52. The van der Waals surface area contributed by atoms with Crippen LogP contribution in [0.4, 0.5) is 19.0 Å². The number of nitriles is 1. The van der Waals surface area contributed by atoms with Crippen molar-refractivity contribution in [1.82, 2.24) is 14.9 Å². The van der Waals surface area contributed by atoms with Crippen LogP contribution >= 0.6 is 0 Å². The molecule has 11 heteroatoms. The zero-order valence-electron chi connectivity index (χ0n) is 13.6. The molecule has 1 rings (SSSR count). The summed E-state index contributed by atoms with van der Waals surface area (Å²) in [6.07, 6.45) is 1.26. The van der Waals surface area contributed by atoms with Crippen LogP contribution in [0, 0.1) is 16.9 Å². The summed E-state index contributed by atoms with van der Waals surface area (Å²) in [5.74, 6) is 0.599. The summed E-state index contributed by atoms with van der Waals surface area (Å²) in [5.41, 5.74) is 5.38. The van der Waals surface area contributed by atoms with Crippen LogP contribution < -0.4 is 11.1 Å². The van der Waals surface area contributed by atoms with Crippen LogP contribution in [0.2, 0.25) is 0 Å². The molecule has 0 aliphatic carbocycles. The molecule has 0 aromatic carbocycles. The van der Waals surface area contributed by atoms with Crippen molar-refractivity contribution < 1.29 is 13.2 Å². The molecular weight excluding hydrogens is 337 g/mol. The average Bonchev–Trinajstić information content (AvgIpc) is 2.55. The number of halogens is 3. The first-order chi connectivity index (χ1) is 11.7. The van der Waals surface area contributed by atoms with Crippen LogP contribution in [-0.4, -0.2) is 46.4 Å². The van der Waals surface area contributed by atoms with E-state index >= 15 is 0 Å². The summed E-state index contributed by atoms with van der Waals surface area (Å²) in [5, 5.41) is 18.8. The van der Waals surface area contributed by atoms with Crippen LogP contribution in [0.1, 0.15) is 25.1 Å². The second-order valence-corrected chi connectivity index (χ2v) is 5.11. The van der Waals surface area contributed by atoms with Gasteiger partial charge in [0.15, 0.2) is 12.2 Å². The quantitative estimate of drug-likeness (QED) is 0.225. The first-order valence-corrected chi connectivity index (χ1v) is 7.38. The van der Waals surface area contributed by atoms with Crippen LogP contribution in [0.5, 0.6) is 0 Å². The second-order valence-electron chi connectivity index (χ2n) is 5.11. The lowest BCUT2D eigenvalue weighted by molar-refractivity contribution is -0.118. The minimum absolute atomic E-state index is 0.229. The third-order valence-electron chi connectivity index (χ3n) is 3.01. The number of alkyl halides is 3. The molecule has 0 spiro atoms. The SMILES string of the molecule is CN(C#N)C(=N)CCCCc1nccc(NC(N)=NCC(F)(F)F)n1. The number of nitrogens with two attached hydrogens (primary N) is 1. The van der Waals surface area contributed by atoms with Gasteiger partial charge in [0.05, 0.1) is 0 Å². The Morgan fingerprint density at radius 2 is 2.20 bits per heavy atom. The van der Waals surface area contributed by atoms with Crippen molar-refractivity contribution in [3.8, 4) is 6.19 Å². The number of anilines is 1. The van der Waals surface area contributed by atoms with Gasteiger partial charge in [-0.3, -0.25) is 10.3 Å². The minimum atomic E-state index is -4.42. The zero-order valence-corrected chi connectivity index (χ0v) is 13.6. The standard InChI is InChI=1S/C14H19F3N8/c1-25(9-18)10(19)4-2-3-5-11-21-7-6-12(23-11)24-13(20)22-8-14(15,16)17/h6-7,19H,2-5,8H2,1H3,(H3,20,21,22,23,24). The highest BCUT2D eigenvalue weighted by atomic mass is 19.4. The number of rotatable bonds is 7. The Bertz CT molecular complexity index is 650. The number of amidine groups is 1. The van der Waals surface area contributed by atoms with E-state index in [1.54, 1.807) is 0 Å². The first kappa shape index (κ1) is 20.1. The minimum Gasteiger partial charge on any atom is -0.370 e. The molecule has 0 saturated carbocycles. The third-order valence-corrected chi connectivity index (χ3v) is 3.01. The van der Waals surface area contributed by atoms with E-state index in [1.165, 1.54) is 24.2 Å². The summed E-state index contributed by atoms with van der Waals surface area (Å²) in [6, 6.07) is 1.47. The van der Waals surface area contributed by atoms with E-state index in [9.17, 15) is 13.2 Å². The first-order valence-electron chi connectivity index (χ1n) is 7.38. The highest BCUT2D eigenvalue weighted by Crippen LogP contribution is 2.14. The topological polar surface area (TPSA) is 127 Å². The highest BCUT2D eigenvalue weighted by Gasteiger charge is 2.26. The molecule has 0 aliphatic rings. The fourth-order valence-electron chi connectivity index (χ4n) is 1.74. The van der Waals surface area contributed by atoms with Gasteiger partial charge in [-0.15, -0.1) is 0 Å². The molecule has 0 unspecified atom stereocenters. The molecule has 0 fully saturated rings. The number of unbranched alkanes of at least 4 members (excludes halogenated alkanes) is 1. The molecule has 8 nitrogen and oxygen atoms in total. The number of hydrogen-bond acceptors (Lipinski definition) is 5. The number of nitrogens with zero attached hydrogens (tertiary/aromatic N) is 5. The fourth-order valence-corrected chi connectivity index (χ4v) is 1.74. The molecule has 1 heterocycles. The fraction of sp³-hybridized carbons (Fsp3) is 0.500. The maximum Gasteiger partial charge on any atom is 0.408 e. The second kappa shape index (κ2) is 9.41. The molecule has 0 atom stereocenters. The maximum atomic E-state index is 12.1. The Morgan fingerprint density at radius 3 is 2.84 bits per heavy atom. The predicted octanol–water partition coefficient (Wildman–Crippen LogP) is 1.87. The third kappa shape index (κ3) is 8.50. The lowest BCUT2D eigenvalue weighted by Gasteiger charge is -2.10. The van der Waals surface area contributed by atoms with Gasteiger partial charge in [0, 0.05) is 26.1 Å². The van der Waals surface area contributed by atoms with E-state index < -0.39 is 12.7 Å². The predicted molar refractivity (Wildman–Crippen MR) is 86.9 cm³/mol. The van der Waals surface area contributed by atoms with Crippen LogP contribution in [0.25, 0.3) is 0 Å². The summed E-state index contributed by atoms with van der Waals surface area (Å²) in [6.45, 7) is -1.37. The normalized spacial score (nSPS) is 11.7. The Kier molecular flexibility index (Phi) is 7.58. The molecule has 1 aromatic rings. The average molecular weight is 356 g/mol. The Balaban J connectivity index is 2.47. The van der Waals surface area contributed by atoms with Gasteiger partial charge < -0.3 is 11.1 Å². The number of aliphatic imine (C=N–C) groups is 1. The van der Waals surface area contributed by atoms with Gasteiger partial charge in [-0.2, -0.15) is 18.4 Å². The molecular formula is C14H19F3N8. The molecule has 0 aliphatic heterocycles. The molecule has 0 bridgehead atoms.